The standard InChI is InChI=1S/C14H20BrNO3/c1-3-14(4-2)9-10(5-8-19-14)16-13(17)11-6-7-18-12(11)15/h6-7,10H,3-5,8-9H2,1-2H3,(H,16,17). The van der Waals surface area contributed by atoms with Crippen LogP contribution in [0.2, 0.25) is 0 Å². The highest BCUT2D eigenvalue weighted by Crippen LogP contribution is 2.31. The van der Waals surface area contributed by atoms with E-state index in [0.717, 1.165) is 25.7 Å². The SMILES string of the molecule is CCC1(CC)CC(NC(=O)c2ccoc2Br)CCO1. The molecule has 4 nitrogen and oxygen atoms in total. The summed E-state index contributed by atoms with van der Waals surface area (Å²) in [6, 6.07) is 1.84. The fourth-order valence-corrected chi connectivity index (χ4v) is 3.03. The van der Waals surface area contributed by atoms with Gasteiger partial charge in [0.1, 0.15) is 0 Å². The van der Waals surface area contributed by atoms with E-state index in [-0.39, 0.29) is 17.6 Å². The monoisotopic (exact) mass is 329 g/mol. The first-order chi connectivity index (χ1) is 9.10. The predicted molar refractivity (Wildman–Crippen MR) is 76.2 cm³/mol. The van der Waals surface area contributed by atoms with Crippen molar-refractivity contribution in [3.8, 4) is 0 Å². The smallest absolute Gasteiger partial charge is 0.255 e. The van der Waals surface area contributed by atoms with Crippen LogP contribution in [0.4, 0.5) is 0 Å². The van der Waals surface area contributed by atoms with Crippen LogP contribution < -0.4 is 5.32 Å². The molecule has 19 heavy (non-hydrogen) atoms. The maximum Gasteiger partial charge on any atom is 0.255 e. The normalized spacial score (nSPS) is 22.2. The van der Waals surface area contributed by atoms with Gasteiger partial charge in [-0.05, 0) is 47.7 Å². The quantitative estimate of drug-likeness (QED) is 0.919. The van der Waals surface area contributed by atoms with E-state index >= 15 is 0 Å². The molecule has 1 amide bonds. The molecule has 1 aliphatic heterocycles. The van der Waals surface area contributed by atoms with Gasteiger partial charge in [0, 0.05) is 12.6 Å². The largest absolute Gasteiger partial charge is 0.457 e. The van der Waals surface area contributed by atoms with E-state index in [0.29, 0.717) is 16.8 Å². The van der Waals surface area contributed by atoms with E-state index in [1.165, 1.54) is 6.26 Å². The lowest BCUT2D eigenvalue weighted by Crippen LogP contribution is -2.48. The Bertz CT molecular complexity index is 440. The molecule has 1 fully saturated rings. The van der Waals surface area contributed by atoms with Gasteiger partial charge in [-0.15, -0.1) is 0 Å². The summed E-state index contributed by atoms with van der Waals surface area (Å²) in [5.41, 5.74) is 0.467. The second-order valence-electron chi connectivity index (χ2n) is 5.01. The zero-order valence-electron chi connectivity index (χ0n) is 11.4. The predicted octanol–water partition coefficient (Wildman–Crippen LogP) is 3.51. The molecule has 0 saturated carbocycles. The molecule has 0 aliphatic carbocycles. The first-order valence-corrected chi connectivity index (χ1v) is 7.57. The highest BCUT2D eigenvalue weighted by Gasteiger charge is 2.35. The molecule has 0 radical (unpaired) electrons. The van der Waals surface area contributed by atoms with Crippen LogP contribution >= 0.6 is 15.9 Å². The fraction of sp³-hybridized carbons (Fsp3) is 0.643. The van der Waals surface area contributed by atoms with E-state index in [2.05, 4.69) is 35.1 Å². The lowest BCUT2D eigenvalue weighted by molar-refractivity contribution is -0.0917. The molecule has 1 N–H and O–H groups in total. The van der Waals surface area contributed by atoms with Gasteiger partial charge < -0.3 is 14.5 Å². The number of hydrogen-bond donors (Lipinski definition) is 1. The molecule has 106 valence electrons. The number of furan rings is 1. The van der Waals surface area contributed by atoms with Crippen molar-refractivity contribution < 1.29 is 13.9 Å². The third-order valence-corrected chi connectivity index (χ3v) is 4.59. The summed E-state index contributed by atoms with van der Waals surface area (Å²) in [4.78, 5) is 12.1. The van der Waals surface area contributed by atoms with Gasteiger partial charge in [0.15, 0.2) is 4.67 Å². The second-order valence-corrected chi connectivity index (χ2v) is 5.73. The van der Waals surface area contributed by atoms with E-state index < -0.39 is 0 Å². The molecule has 0 bridgehead atoms. The number of carbonyl (C=O) groups is 1. The Morgan fingerprint density at radius 3 is 2.84 bits per heavy atom. The first-order valence-electron chi connectivity index (χ1n) is 6.78. The van der Waals surface area contributed by atoms with Crippen molar-refractivity contribution in [2.24, 2.45) is 0 Å². The molecule has 1 aromatic rings. The number of hydrogen-bond acceptors (Lipinski definition) is 3. The Morgan fingerprint density at radius 2 is 2.26 bits per heavy atom. The second kappa shape index (κ2) is 6.09. The molecule has 1 aliphatic rings. The Hall–Kier alpha value is -0.810. The summed E-state index contributed by atoms with van der Waals surface area (Å²) in [6.45, 7) is 4.99. The van der Waals surface area contributed by atoms with Gasteiger partial charge >= 0.3 is 0 Å². The minimum absolute atomic E-state index is 0.0795. The molecule has 2 rings (SSSR count). The molecule has 0 aromatic carbocycles. The van der Waals surface area contributed by atoms with Crippen LogP contribution in [0.15, 0.2) is 21.4 Å². The maximum atomic E-state index is 12.1. The summed E-state index contributed by atoms with van der Waals surface area (Å²) >= 11 is 3.23. The molecule has 1 atom stereocenters. The highest BCUT2D eigenvalue weighted by atomic mass is 79.9. The minimum atomic E-state index is -0.0892. The third-order valence-electron chi connectivity index (χ3n) is 3.98. The lowest BCUT2D eigenvalue weighted by Gasteiger charge is -2.40. The summed E-state index contributed by atoms with van der Waals surface area (Å²) in [5, 5.41) is 3.08. The van der Waals surface area contributed by atoms with Crippen molar-refractivity contribution in [1.29, 1.82) is 0 Å². The number of amides is 1. The fourth-order valence-electron chi connectivity index (χ4n) is 2.61. The zero-order valence-corrected chi connectivity index (χ0v) is 13.0. The third kappa shape index (κ3) is 3.20. The number of nitrogens with one attached hydrogen (secondary N) is 1. The van der Waals surface area contributed by atoms with Gasteiger partial charge in [-0.2, -0.15) is 0 Å². The summed E-state index contributed by atoms with van der Waals surface area (Å²) in [5.74, 6) is -0.0892. The van der Waals surface area contributed by atoms with E-state index in [1.54, 1.807) is 6.07 Å². The van der Waals surface area contributed by atoms with Crippen molar-refractivity contribution in [3.05, 3.63) is 22.6 Å². The molecule has 1 unspecified atom stereocenters. The Morgan fingerprint density at radius 1 is 1.53 bits per heavy atom. The van der Waals surface area contributed by atoms with Crippen LogP contribution in [-0.2, 0) is 4.74 Å². The van der Waals surface area contributed by atoms with Crippen LogP contribution in [0.3, 0.4) is 0 Å². The van der Waals surface area contributed by atoms with Gasteiger partial charge in [-0.3, -0.25) is 4.79 Å². The summed E-state index contributed by atoms with van der Waals surface area (Å²) in [7, 11) is 0. The molecular formula is C14H20BrNO3. The number of carbonyl (C=O) groups excluding carboxylic acids is 1. The van der Waals surface area contributed by atoms with Gasteiger partial charge in [0.25, 0.3) is 5.91 Å². The van der Waals surface area contributed by atoms with Crippen LogP contribution in [0.5, 0.6) is 0 Å². The van der Waals surface area contributed by atoms with Crippen LogP contribution in [-0.4, -0.2) is 24.2 Å². The van der Waals surface area contributed by atoms with Gasteiger partial charge in [-0.25, -0.2) is 0 Å². The number of rotatable bonds is 4. The van der Waals surface area contributed by atoms with E-state index in [9.17, 15) is 4.79 Å². The maximum absolute atomic E-state index is 12.1. The van der Waals surface area contributed by atoms with Crippen molar-refractivity contribution in [1.82, 2.24) is 5.32 Å². The van der Waals surface area contributed by atoms with Gasteiger partial charge in [0.2, 0.25) is 0 Å². The van der Waals surface area contributed by atoms with Gasteiger partial charge in [0.05, 0.1) is 17.4 Å². The molecule has 1 saturated heterocycles. The Labute approximate surface area is 122 Å². The lowest BCUT2D eigenvalue weighted by atomic mass is 9.86. The molecule has 0 spiro atoms. The molecular weight excluding hydrogens is 310 g/mol. The average Bonchev–Trinajstić information content (AvgIpc) is 2.85. The Kier molecular flexibility index (Phi) is 4.68. The molecule has 5 heteroatoms. The minimum Gasteiger partial charge on any atom is -0.457 e. The van der Waals surface area contributed by atoms with Crippen LogP contribution in [0, 0.1) is 0 Å². The first kappa shape index (κ1) is 14.6. The summed E-state index contributed by atoms with van der Waals surface area (Å²) in [6.07, 6.45) is 5.20. The summed E-state index contributed by atoms with van der Waals surface area (Å²) < 4.78 is 11.5. The van der Waals surface area contributed by atoms with Crippen LogP contribution in [0.1, 0.15) is 49.9 Å². The number of halogens is 1. The average molecular weight is 330 g/mol. The number of ether oxygens (including phenoxy) is 1. The molecule has 2 heterocycles. The topological polar surface area (TPSA) is 51.5 Å². The van der Waals surface area contributed by atoms with Crippen molar-refractivity contribution in [2.45, 2.75) is 51.2 Å². The highest BCUT2D eigenvalue weighted by molar-refractivity contribution is 9.10. The van der Waals surface area contributed by atoms with Gasteiger partial charge in [-0.1, -0.05) is 13.8 Å². The van der Waals surface area contributed by atoms with Crippen LogP contribution in [0.25, 0.3) is 0 Å². The van der Waals surface area contributed by atoms with Crippen molar-refractivity contribution in [3.63, 3.8) is 0 Å². The molecule has 1 aromatic heterocycles. The Balaban J connectivity index is 2.00. The van der Waals surface area contributed by atoms with Crippen molar-refractivity contribution in [2.75, 3.05) is 6.61 Å². The van der Waals surface area contributed by atoms with Crippen molar-refractivity contribution >= 4 is 21.8 Å². The zero-order chi connectivity index (χ0) is 13.9. The van der Waals surface area contributed by atoms with E-state index in [1.807, 2.05) is 0 Å². The van der Waals surface area contributed by atoms with E-state index in [4.69, 9.17) is 9.15 Å².